The molecule has 3 aromatic carbocycles. The zero-order valence-electron chi connectivity index (χ0n) is 32.5. The number of amides is 3. The largest absolute Gasteiger partial charge is 0.449 e. The quantitative estimate of drug-likeness (QED) is 0.0555. The third-order valence-electron chi connectivity index (χ3n) is 8.48. The molecule has 1 fully saturated rings. The minimum atomic E-state index is -4.49. The summed E-state index contributed by atoms with van der Waals surface area (Å²) in [5.41, 5.74) is -0.0485. The molecule has 1 atom stereocenters. The number of carbonyl (C=O) groups excluding carboxylic acids is 3. The van der Waals surface area contributed by atoms with Gasteiger partial charge in [0.25, 0.3) is 21.6 Å². The van der Waals surface area contributed by atoms with Gasteiger partial charge in [0.1, 0.15) is 11.3 Å². The minimum Gasteiger partial charge on any atom is -0.449 e. The van der Waals surface area contributed by atoms with Crippen molar-refractivity contribution in [3.63, 3.8) is 0 Å². The lowest BCUT2D eigenvalue weighted by Crippen LogP contribution is -2.49. The van der Waals surface area contributed by atoms with Crippen LogP contribution in [0.15, 0.2) is 82.6 Å². The van der Waals surface area contributed by atoms with Gasteiger partial charge in [-0.05, 0) is 94.5 Å². The Labute approximate surface area is 333 Å². The summed E-state index contributed by atoms with van der Waals surface area (Å²) in [7, 11) is -4.49. The molecule has 304 valence electrons. The van der Waals surface area contributed by atoms with Gasteiger partial charge in [-0.15, -0.1) is 11.8 Å². The number of nitrogens with zero attached hydrogens (tertiary/aromatic N) is 3. The number of benzene rings is 3. The number of anilines is 2. The molecule has 0 spiro atoms. The molecule has 17 heteroatoms. The lowest BCUT2D eigenvalue weighted by molar-refractivity contribution is -0.384. The number of hydrogen-bond acceptors (Lipinski definition) is 12. The molecular weight excluding hydrogens is 761 g/mol. The molecule has 0 radical (unpaired) electrons. The number of hydrogen-bond donors (Lipinski definition) is 3. The van der Waals surface area contributed by atoms with Gasteiger partial charge in [0.2, 0.25) is 0 Å². The number of nitro benzene ring substituents is 1. The van der Waals surface area contributed by atoms with Crippen molar-refractivity contribution >= 4 is 56.9 Å². The van der Waals surface area contributed by atoms with Crippen molar-refractivity contribution in [2.45, 2.75) is 75.3 Å². The lowest BCUT2D eigenvalue weighted by atomic mass is 10.1. The number of ether oxygens (including phenoxy) is 2. The smallest absolute Gasteiger partial charge is 0.409 e. The van der Waals surface area contributed by atoms with Crippen molar-refractivity contribution < 1.29 is 37.2 Å². The fourth-order valence-electron chi connectivity index (χ4n) is 5.64. The topological polar surface area (TPSA) is 190 Å². The van der Waals surface area contributed by atoms with Crippen LogP contribution in [0.1, 0.15) is 64.2 Å². The maximum absolute atomic E-state index is 13.3. The second-order valence-corrected chi connectivity index (χ2v) is 17.5. The first-order valence-electron chi connectivity index (χ1n) is 18.5. The maximum Gasteiger partial charge on any atom is 0.409 e. The molecule has 0 aliphatic carbocycles. The van der Waals surface area contributed by atoms with Gasteiger partial charge >= 0.3 is 12.2 Å². The van der Waals surface area contributed by atoms with Crippen molar-refractivity contribution in [2.75, 3.05) is 55.3 Å². The first-order valence-corrected chi connectivity index (χ1v) is 21.0. The lowest BCUT2D eigenvalue weighted by Gasteiger charge is -2.35. The molecule has 0 bridgehead atoms. The van der Waals surface area contributed by atoms with Gasteiger partial charge in [-0.3, -0.25) is 14.9 Å². The van der Waals surface area contributed by atoms with E-state index in [1.807, 2.05) is 53.8 Å². The van der Waals surface area contributed by atoms with Gasteiger partial charge in [0.05, 0.1) is 16.4 Å². The first kappa shape index (κ1) is 43.7. The number of carbonyl (C=O) groups is 3. The highest BCUT2D eigenvalue weighted by Crippen LogP contribution is 2.30. The summed E-state index contributed by atoms with van der Waals surface area (Å²) in [6.07, 6.45) is 1.08. The highest BCUT2D eigenvalue weighted by Gasteiger charge is 2.26. The third kappa shape index (κ3) is 13.9. The van der Waals surface area contributed by atoms with E-state index >= 15 is 0 Å². The summed E-state index contributed by atoms with van der Waals surface area (Å²) in [5.74, 6) is -0.0946. The Morgan fingerprint density at radius 2 is 1.62 bits per heavy atom. The van der Waals surface area contributed by atoms with E-state index in [2.05, 4.69) is 10.6 Å². The van der Waals surface area contributed by atoms with Crippen LogP contribution in [0.2, 0.25) is 0 Å². The normalized spacial score (nSPS) is 13.8. The van der Waals surface area contributed by atoms with E-state index in [1.54, 1.807) is 49.6 Å². The van der Waals surface area contributed by atoms with Gasteiger partial charge in [-0.25, -0.2) is 22.7 Å². The molecule has 1 aliphatic rings. The highest BCUT2D eigenvalue weighted by molar-refractivity contribution is 7.99. The van der Waals surface area contributed by atoms with Gasteiger partial charge < -0.3 is 29.9 Å². The molecule has 0 aromatic heterocycles. The van der Waals surface area contributed by atoms with Crippen molar-refractivity contribution in [3.05, 3.63) is 88.5 Å². The van der Waals surface area contributed by atoms with Gasteiger partial charge in [-0.1, -0.05) is 32.0 Å². The van der Waals surface area contributed by atoms with E-state index in [0.29, 0.717) is 64.3 Å². The molecule has 56 heavy (non-hydrogen) atoms. The summed E-state index contributed by atoms with van der Waals surface area (Å²) in [4.78, 5) is 53.2. The number of nitrogens with one attached hydrogen (secondary N) is 3. The number of alkyl carbamates (subject to hydrolysis) is 1. The SMILES string of the molecule is CC(C)COC(=O)N1CCN(c2ccc(C(=O)NS(=O)(=O)c3ccc(N[C@H](CCCCNC(=O)OC(C)(C)C)CSc4ccccc4)c([N+](=O)[O-])c3)cc2)CC1. The van der Waals surface area contributed by atoms with E-state index in [9.17, 15) is 32.9 Å². The third-order valence-corrected chi connectivity index (χ3v) is 11.0. The molecule has 1 saturated heterocycles. The molecule has 15 nitrogen and oxygen atoms in total. The van der Waals surface area contributed by atoms with E-state index in [0.717, 1.165) is 16.6 Å². The molecular formula is C39H52N6O9S2. The van der Waals surface area contributed by atoms with Crippen LogP contribution in [0.3, 0.4) is 0 Å². The average Bonchev–Trinajstić information content (AvgIpc) is 3.15. The summed E-state index contributed by atoms with van der Waals surface area (Å²) < 4.78 is 39.3. The van der Waals surface area contributed by atoms with Crippen LogP contribution in [0.25, 0.3) is 0 Å². The Morgan fingerprint density at radius 1 is 0.946 bits per heavy atom. The number of thioether (sulfide) groups is 1. The zero-order chi connectivity index (χ0) is 40.9. The fraction of sp³-hybridized carbons (Fsp3) is 0.462. The van der Waals surface area contributed by atoms with Crippen LogP contribution in [0, 0.1) is 16.0 Å². The molecule has 3 aromatic rings. The monoisotopic (exact) mass is 812 g/mol. The number of unbranched alkanes of at least 4 members (excludes halogenated alkanes) is 1. The molecule has 4 rings (SSSR count). The Morgan fingerprint density at radius 3 is 2.25 bits per heavy atom. The predicted octanol–water partition coefficient (Wildman–Crippen LogP) is 6.90. The molecule has 0 saturated carbocycles. The van der Waals surface area contributed by atoms with Crippen LogP contribution in [-0.2, 0) is 19.5 Å². The van der Waals surface area contributed by atoms with Crippen LogP contribution >= 0.6 is 11.8 Å². The molecule has 1 heterocycles. The summed E-state index contributed by atoms with van der Waals surface area (Å²) in [6.45, 7) is 12.1. The van der Waals surface area contributed by atoms with Crippen molar-refractivity contribution in [3.8, 4) is 0 Å². The first-order chi connectivity index (χ1) is 26.5. The summed E-state index contributed by atoms with van der Waals surface area (Å²) in [6, 6.07) is 19.3. The Kier molecular flexibility index (Phi) is 15.8. The van der Waals surface area contributed by atoms with E-state index in [1.165, 1.54) is 24.3 Å². The molecule has 1 aliphatic heterocycles. The second-order valence-electron chi connectivity index (χ2n) is 14.8. The predicted molar refractivity (Wildman–Crippen MR) is 217 cm³/mol. The average molecular weight is 813 g/mol. The van der Waals surface area contributed by atoms with Crippen molar-refractivity contribution in [2.24, 2.45) is 5.92 Å². The van der Waals surface area contributed by atoms with E-state index < -0.39 is 43.1 Å². The van der Waals surface area contributed by atoms with Gasteiger partial charge in [0.15, 0.2) is 0 Å². The van der Waals surface area contributed by atoms with Crippen LogP contribution in [0.5, 0.6) is 0 Å². The summed E-state index contributed by atoms with van der Waals surface area (Å²) >= 11 is 1.57. The maximum atomic E-state index is 13.3. The Hall–Kier alpha value is -5.03. The van der Waals surface area contributed by atoms with Crippen molar-refractivity contribution in [1.29, 1.82) is 0 Å². The van der Waals surface area contributed by atoms with Gasteiger partial charge in [0, 0.05) is 66.7 Å². The Bertz CT molecular complexity index is 1900. The van der Waals surface area contributed by atoms with E-state index in [-0.39, 0.29) is 29.3 Å². The second kappa shape index (κ2) is 20.2. The van der Waals surface area contributed by atoms with Crippen LogP contribution < -0.4 is 20.3 Å². The standard InChI is InChI=1S/C39H52N6O9S2/c1-28(2)26-53-38(48)44-23-21-43(22-24-44)31-16-14-29(15-17-31)36(46)42-56(51,52)33-18-19-34(35(25-33)45(49)50)41-30(27-55-32-12-7-6-8-13-32)11-9-10-20-40-37(47)54-39(3,4)5/h6-8,12-19,25,28,30,41H,9-11,20-24,26-27H2,1-5H3,(H,40,47)(H,42,46)/t30-/m1/s1. The minimum absolute atomic E-state index is 0.0843. The zero-order valence-corrected chi connectivity index (χ0v) is 34.1. The number of piperazine rings is 1. The molecule has 0 unspecified atom stereocenters. The number of sulfonamides is 1. The highest BCUT2D eigenvalue weighted by atomic mass is 32.2. The molecule has 3 N–H and O–H groups in total. The molecule has 3 amide bonds. The van der Waals surface area contributed by atoms with E-state index in [4.69, 9.17) is 9.47 Å². The Balaban J connectivity index is 1.38. The number of rotatable bonds is 17. The van der Waals surface area contributed by atoms with Crippen LogP contribution in [-0.4, -0.2) is 93.1 Å². The van der Waals surface area contributed by atoms with Crippen molar-refractivity contribution in [1.82, 2.24) is 14.9 Å². The summed E-state index contributed by atoms with van der Waals surface area (Å²) in [5, 5.41) is 18.2. The fourth-order valence-corrected chi connectivity index (χ4v) is 7.63. The van der Waals surface area contributed by atoms with Crippen LogP contribution in [0.4, 0.5) is 26.7 Å². The van der Waals surface area contributed by atoms with Gasteiger partial charge in [-0.2, -0.15) is 0 Å². The number of nitro groups is 1.